The predicted molar refractivity (Wildman–Crippen MR) is 129 cm³/mol. The standard InChI is InChI=1S/C28H32O8/c1-7-9-11-13-15(29)17-19-23(3)22(32)18(16(30)14-12-10-8-2)20-24(4,21(17)31)28(34)25(19,5)35-27(23,33)26(20,6)36-28/h7-14,19-20,31-34H,1-6H3/b9-7+,10-8+,13-11+,14-12+/t19-,20-,23-,24-,25+,26+,27-,28-/m1/s1. The van der Waals surface area contributed by atoms with Gasteiger partial charge in [-0.05, 0) is 53.7 Å². The van der Waals surface area contributed by atoms with E-state index < -0.39 is 68.5 Å². The molecule has 1 saturated carbocycles. The van der Waals surface area contributed by atoms with Crippen LogP contribution in [0.3, 0.4) is 0 Å². The van der Waals surface area contributed by atoms with Crippen molar-refractivity contribution in [1.82, 2.24) is 0 Å². The monoisotopic (exact) mass is 496 g/mol. The highest BCUT2D eigenvalue weighted by Crippen LogP contribution is 2.84. The van der Waals surface area contributed by atoms with Crippen molar-refractivity contribution >= 4 is 11.6 Å². The van der Waals surface area contributed by atoms with Crippen LogP contribution in [0.4, 0.5) is 0 Å². The van der Waals surface area contributed by atoms with Gasteiger partial charge in [-0.15, -0.1) is 0 Å². The molecule has 36 heavy (non-hydrogen) atoms. The normalized spacial score (nSPS) is 48.8. The van der Waals surface area contributed by atoms with Crippen LogP contribution < -0.4 is 0 Å². The molecule has 0 aromatic heterocycles. The lowest BCUT2D eigenvalue weighted by Crippen LogP contribution is -2.70. The van der Waals surface area contributed by atoms with E-state index in [0.717, 1.165) is 0 Å². The molecule has 0 aromatic rings. The Hall–Kier alpha value is -2.78. The number of carbonyl (C=O) groups excluding carboxylic acids is 2. The van der Waals surface area contributed by atoms with Crippen molar-refractivity contribution in [2.45, 2.75) is 64.3 Å². The molecule has 0 spiro atoms. The van der Waals surface area contributed by atoms with Gasteiger partial charge in [0.2, 0.25) is 11.6 Å². The minimum atomic E-state index is -2.23. The Morgan fingerprint density at radius 1 is 0.694 bits per heavy atom. The Kier molecular flexibility index (Phi) is 4.81. The molecule has 2 aliphatic heterocycles. The average Bonchev–Trinajstić information content (AvgIpc) is 3.12. The summed E-state index contributed by atoms with van der Waals surface area (Å²) < 4.78 is 12.5. The van der Waals surface area contributed by atoms with Gasteiger partial charge in [-0.1, -0.05) is 36.5 Å². The summed E-state index contributed by atoms with van der Waals surface area (Å²) in [5, 5.41) is 47.9. The molecule has 3 aliphatic carbocycles. The summed E-state index contributed by atoms with van der Waals surface area (Å²) >= 11 is 0. The highest BCUT2D eigenvalue weighted by molar-refractivity contribution is 6.08. The minimum Gasteiger partial charge on any atom is -0.511 e. The fourth-order valence-corrected chi connectivity index (χ4v) is 7.96. The Balaban J connectivity index is 1.89. The van der Waals surface area contributed by atoms with E-state index in [1.165, 1.54) is 52.0 Å². The highest BCUT2D eigenvalue weighted by atomic mass is 16.8. The first-order valence-corrected chi connectivity index (χ1v) is 12.1. The SMILES string of the molecule is C/C=C/C=C/C(=O)C1=C(O)[C@@]2(C)[C@H]3C(C(=O)/C=C/C=C/C)=C(O)[C@@]4(C)[C@@H]1[C@]1(C)O[C@@]4(O)[C@@]3(C)O[C@@]12O. The molecule has 5 aliphatic rings. The number of aliphatic hydroxyl groups excluding tert-OH is 2. The summed E-state index contributed by atoms with van der Waals surface area (Å²) in [4.78, 5) is 27.1. The third-order valence-electron chi connectivity index (χ3n) is 9.43. The summed E-state index contributed by atoms with van der Waals surface area (Å²) in [5.41, 5.74) is -7.30. The number of aliphatic hydroxyl groups is 4. The summed E-state index contributed by atoms with van der Waals surface area (Å²) in [6, 6.07) is 0. The quantitative estimate of drug-likeness (QED) is 0.325. The average molecular weight is 497 g/mol. The van der Waals surface area contributed by atoms with Crippen molar-refractivity contribution in [3.05, 3.63) is 71.3 Å². The third-order valence-corrected chi connectivity index (χ3v) is 9.43. The number of ketones is 2. The third kappa shape index (κ3) is 2.15. The van der Waals surface area contributed by atoms with Gasteiger partial charge in [0.05, 0.1) is 10.8 Å². The maximum absolute atomic E-state index is 13.5. The zero-order chi connectivity index (χ0) is 26.7. The number of allylic oxidation sites excluding steroid dienone is 8. The first kappa shape index (κ1) is 24.9. The first-order valence-electron chi connectivity index (χ1n) is 12.1. The largest absolute Gasteiger partial charge is 0.511 e. The topological polar surface area (TPSA) is 134 Å². The Bertz CT molecular complexity index is 1190. The van der Waals surface area contributed by atoms with E-state index in [2.05, 4.69) is 0 Å². The molecule has 8 heteroatoms. The molecule has 8 nitrogen and oxygen atoms in total. The zero-order valence-corrected chi connectivity index (χ0v) is 21.2. The van der Waals surface area contributed by atoms with Crippen LogP contribution in [0.2, 0.25) is 0 Å². The molecule has 2 saturated heterocycles. The van der Waals surface area contributed by atoms with Gasteiger partial charge in [0.1, 0.15) is 22.7 Å². The summed E-state index contributed by atoms with van der Waals surface area (Å²) in [6.45, 7) is 9.56. The fourth-order valence-electron chi connectivity index (χ4n) is 7.96. The Morgan fingerprint density at radius 3 is 1.33 bits per heavy atom. The van der Waals surface area contributed by atoms with E-state index in [0.29, 0.717) is 0 Å². The van der Waals surface area contributed by atoms with Gasteiger partial charge in [-0.25, -0.2) is 0 Å². The molecule has 0 amide bonds. The van der Waals surface area contributed by atoms with Gasteiger partial charge < -0.3 is 29.9 Å². The second-order valence-corrected chi connectivity index (χ2v) is 11.0. The van der Waals surface area contributed by atoms with Crippen LogP contribution in [0, 0.1) is 22.7 Å². The Morgan fingerprint density at radius 2 is 1.03 bits per heavy atom. The molecule has 8 atom stereocenters. The van der Waals surface area contributed by atoms with Gasteiger partial charge in [0, 0.05) is 23.0 Å². The van der Waals surface area contributed by atoms with Crippen LogP contribution in [0.1, 0.15) is 41.5 Å². The van der Waals surface area contributed by atoms with Gasteiger partial charge in [-0.3, -0.25) is 9.59 Å². The molecule has 0 aromatic carbocycles. The molecule has 5 rings (SSSR count). The number of hydrogen-bond acceptors (Lipinski definition) is 8. The summed E-state index contributed by atoms with van der Waals surface area (Å²) in [6.07, 6.45) is 12.4. The second kappa shape index (κ2) is 6.95. The zero-order valence-electron chi connectivity index (χ0n) is 21.2. The highest BCUT2D eigenvalue weighted by Gasteiger charge is 2.97. The Labute approximate surface area is 209 Å². The van der Waals surface area contributed by atoms with Crippen LogP contribution in [0.15, 0.2) is 71.3 Å². The number of hydrogen-bond donors (Lipinski definition) is 4. The van der Waals surface area contributed by atoms with Crippen molar-refractivity contribution in [3.8, 4) is 0 Å². The van der Waals surface area contributed by atoms with Crippen molar-refractivity contribution in [2.24, 2.45) is 22.7 Å². The first-order chi connectivity index (χ1) is 16.7. The van der Waals surface area contributed by atoms with Crippen LogP contribution in [0.25, 0.3) is 0 Å². The number of rotatable bonds is 6. The van der Waals surface area contributed by atoms with Gasteiger partial charge in [0.15, 0.2) is 11.6 Å². The second-order valence-electron chi connectivity index (χ2n) is 11.0. The fraction of sp³-hybridized carbons (Fsp3) is 0.500. The molecule has 0 radical (unpaired) electrons. The van der Waals surface area contributed by atoms with Crippen molar-refractivity contribution in [1.29, 1.82) is 0 Å². The van der Waals surface area contributed by atoms with Gasteiger partial charge in [0.25, 0.3) is 0 Å². The van der Waals surface area contributed by atoms with Gasteiger partial charge in [-0.2, -0.15) is 0 Å². The van der Waals surface area contributed by atoms with E-state index in [1.807, 2.05) is 0 Å². The van der Waals surface area contributed by atoms with E-state index >= 15 is 0 Å². The maximum Gasteiger partial charge on any atom is 0.209 e. The summed E-state index contributed by atoms with van der Waals surface area (Å²) in [7, 11) is 0. The van der Waals surface area contributed by atoms with Gasteiger partial charge >= 0.3 is 0 Å². The molecule has 3 fully saturated rings. The molecule has 192 valence electrons. The summed E-state index contributed by atoms with van der Waals surface area (Å²) in [5.74, 6) is -8.95. The molecular weight excluding hydrogens is 464 g/mol. The molecule has 8 bridgehead atoms. The van der Waals surface area contributed by atoms with E-state index in [-0.39, 0.29) is 11.1 Å². The van der Waals surface area contributed by atoms with Crippen LogP contribution in [0.5, 0.6) is 0 Å². The number of carbonyl (C=O) groups is 2. The molecular formula is C28H32O8. The lowest BCUT2D eigenvalue weighted by atomic mass is 9.42. The van der Waals surface area contributed by atoms with Crippen LogP contribution >= 0.6 is 0 Å². The van der Waals surface area contributed by atoms with E-state index in [1.54, 1.807) is 38.2 Å². The molecule has 0 unspecified atom stereocenters. The number of ether oxygens (including phenoxy) is 2. The smallest absolute Gasteiger partial charge is 0.209 e. The maximum atomic E-state index is 13.5. The van der Waals surface area contributed by atoms with Crippen molar-refractivity contribution < 1.29 is 39.5 Å². The molecule has 2 heterocycles. The lowest BCUT2D eigenvalue weighted by molar-refractivity contribution is -0.452. The molecule has 4 N–H and O–H groups in total. The van der Waals surface area contributed by atoms with Crippen molar-refractivity contribution in [2.75, 3.05) is 0 Å². The van der Waals surface area contributed by atoms with Crippen LogP contribution in [-0.4, -0.2) is 54.8 Å². The van der Waals surface area contributed by atoms with Crippen LogP contribution in [-0.2, 0) is 19.1 Å². The lowest BCUT2D eigenvalue weighted by Gasteiger charge is -2.57. The minimum absolute atomic E-state index is 0.0936. The van der Waals surface area contributed by atoms with Crippen molar-refractivity contribution in [3.63, 3.8) is 0 Å². The predicted octanol–water partition coefficient (Wildman–Crippen LogP) is 3.25. The van der Waals surface area contributed by atoms with E-state index in [4.69, 9.17) is 9.47 Å². The van der Waals surface area contributed by atoms with E-state index in [9.17, 15) is 30.0 Å².